The SMILES string of the molecule is Nc1cc(F)c(NCC2CCCC2O)c(F)c1. The topological polar surface area (TPSA) is 58.3 Å². The van der Waals surface area contributed by atoms with E-state index in [-0.39, 0.29) is 23.4 Å². The molecule has 0 saturated heterocycles. The van der Waals surface area contributed by atoms with Crippen molar-refractivity contribution >= 4 is 11.4 Å². The zero-order chi connectivity index (χ0) is 12.4. The maximum Gasteiger partial charge on any atom is 0.151 e. The predicted molar refractivity (Wildman–Crippen MR) is 62.6 cm³/mol. The van der Waals surface area contributed by atoms with Crippen molar-refractivity contribution in [2.45, 2.75) is 25.4 Å². The van der Waals surface area contributed by atoms with Crippen molar-refractivity contribution in [1.82, 2.24) is 0 Å². The molecule has 1 saturated carbocycles. The third kappa shape index (κ3) is 2.66. The third-order valence-corrected chi connectivity index (χ3v) is 3.22. The van der Waals surface area contributed by atoms with E-state index in [2.05, 4.69) is 5.32 Å². The summed E-state index contributed by atoms with van der Waals surface area (Å²) in [5.41, 5.74) is 5.21. The van der Waals surface area contributed by atoms with Crippen LogP contribution in [0, 0.1) is 17.6 Å². The molecule has 5 heteroatoms. The average Bonchev–Trinajstić information content (AvgIpc) is 2.62. The van der Waals surface area contributed by atoms with Gasteiger partial charge in [-0.1, -0.05) is 6.42 Å². The van der Waals surface area contributed by atoms with Gasteiger partial charge in [0.05, 0.1) is 6.10 Å². The van der Waals surface area contributed by atoms with E-state index in [1.807, 2.05) is 0 Å². The fourth-order valence-electron chi connectivity index (χ4n) is 2.25. The normalized spacial score (nSPS) is 23.9. The summed E-state index contributed by atoms with van der Waals surface area (Å²) in [6.07, 6.45) is 2.23. The quantitative estimate of drug-likeness (QED) is 0.711. The molecule has 0 aromatic heterocycles. The van der Waals surface area contributed by atoms with Crippen LogP contribution in [0.25, 0.3) is 0 Å². The maximum atomic E-state index is 13.4. The molecule has 1 aliphatic rings. The van der Waals surface area contributed by atoms with Crippen LogP contribution in [0.15, 0.2) is 12.1 Å². The van der Waals surface area contributed by atoms with Crippen LogP contribution >= 0.6 is 0 Å². The zero-order valence-electron chi connectivity index (χ0n) is 9.42. The number of benzene rings is 1. The molecule has 0 heterocycles. The second-order valence-electron chi connectivity index (χ2n) is 4.50. The Morgan fingerprint density at radius 2 is 1.94 bits per heavy atom. The molecule has 0 bridgehead atoms. The van der Waals surface area contributed by atoms with Gasteiger partial charge in [-0.2, -0.15) is 0 Å². The number of hydrogen-bond acceptors (Lipinski definition) is 3. The van der Waals surface area contributed by atoms with Crippen LogP contribution in [0.5, 0.6) is 0 Å². The molecule has 17 heavy (non-hydrogen) atoms. The smallest absolute Gasteiger partial charge is 0.151 e. The number of halogens is 2. The molecule has 2 unspecified atom stereocenters. The van der Waals surface area contributed by atoms with E-state index in [1.54, 1.807) is 0 Å². The van der Waals surface area contributed by atoms with Crippen molar-refractivity contribution in [3.8, 4) is 0 Å². The summed E-state index contributed by atoms with van der Waals surface area (Å²) in [4.78, 5) is 0. The number of hydrogen-bond donors (Lipinski definition) is 3. The molecule has 1 aliphatic carbocycles. The monoisotopic (exact) mass is 242 g/mol. The summed E-state index contributed by atoms with van der Waals surface area (Å²) in [5, 5.41) is 12.3. The Bertz CT molecular complexity index is 388. The Morgan fingerprint density at radius 3 is 2.47 bits per heavy atom. The van der Waals surface area contributed by atoms with Gasteiger partial charge in [-0.3, -0.25) is 0 Å². The molecule has 3 nitrogen and oxygen atoms in total. The first-order chi connectivity index (χ1) is 8.08. The van der Waals surface area contributed by atoms with Crippen LogP contribution in [-0.4, -0.2) is 17.8 Å². The minimum Gasteiger partial charge on any atom is -0.399 e. The largest absolute Gasteiger partial charge is 0.399 e. The molecule has 0 amide bonds. The summed E-state index contributed by atoms with van der Waals surface area (Å²) in [7, 11) is 0. The van der Waals surface area contributed by atoms with Crippen LogP contribution in [0.1, 0.15) is 19.3 Å². The standard InChI is InChI=1S/C12H16F2N2O/c13-9-4-8(15)5-10(14)12(9)16-6-7-2-1-3-11(7)17/h4-5,7,11,16-17H,1-3,6,15H2. The van der Waals surface area contributed by atoms with Gasteiger partial charge in [0, 0.05) is 18.2 Å². The molecule has 0 spiro atoms. The van der Waals surface area contributed by atoms with E-state index >= 15 is 0 Å². The molecule has 2 rings (SSSR count). The van der Waals surface area contributed by atoms with Crippen molar-refractivity contribution in [3.63, 3.8) is 0 Å². The Labute approximate surface area is 98.6 Å². The first-order valence-electron chi connectivity index (χ1n) is 5.74. The summed E-state index contributed by atoms with van der Waals surface area (Å²) in [6, 6.07) is 2.16. The number of aliphatic hydroxyl groups excluding tert-OH is 1. The summed E-state index contributed by atoms with van der Waals surface area (Å²) in [6.45, 7) is 0.374. The van der Waals surface area contributed by atoms with Gasteiger partial charge in [0.25, 0.3) is 0 Å². The van der Waals surface area contributed by atoms with Gasteiger partial charge >= 0.3 is 0 Å². The summed E-state index contributed by atoms with van der Waals surface area (Å²) < 4.78 is 26.9. The number of nitrogens with one attached hydrogen (secondary N) is 1. The molecule has 1 aromatic rings. The Hall–Kier alpha value is -1.36. The number of rotatable bonds is 3. The van der Waals surface area contributed by atoms with Gasteiger partial charge in [-0.15, -0.1) is 0 Å². The number of nitrogen functional groups attached to an aromatic ring is 1. The van der Waals surface area contributed by atoms with E-state index < -0.39 is 11.6 Å². The summed E-state index contributed by atoms with van der Waals surface area (Å²) >= 11 is 0. The van der Waals surface area contributed by atoms with Crippen molar-refractivity contribution in [3.05, 3.63) is 23.8 Å². The predicted octanol–water partition coefficient (Wildman–Crippen LogP) is 2.12. The van der Waals surface area contributed by atoms with E-state index in [1.165, 1.54) is 0 Å². The fourth-order valence-corrected chi connectivity index (χ4v) is 2.25. The Morgan fingerprint density at radius 1 is 1.29 bits per heavy atom. The molecular formula is C12H16F2N2O. The highest BCUT2D eigenvalue weighted by molar-refractivity contribution is 5.54. The average molecular weight is 242 g/mol. The third-order valence-electron chi connectivity index (χ3n) is 3.22. The zero-order valence-corrected chi connectivity index (χ0v) is 9.42. The van der Waals surface area contributed by atoms with Gasteiger partial charge in [-0.05, 0) is 25.0 Å². The van der Waals surface area contributed by atoms with Crippen LogP contribution < -0.4 is 11.1 Å². The number of aliphatic hydroxyl groups is 1. The lowest BCUT2D eigenvalue weighted by Crippen LogP contribution is -2.22. The lowest BCUT2D eigenvalue weighted by atomic mass is 10.1. The molecule has 1 fully saturated rings. The van der Waals surface area contributed by atoms with E-state index in [0.29, 0.717) is 6.54 Å². The van der Waals surface area contributed by atoms with Gasteiger partial charge in [0.15, 0.2) is 11.6 Å². The van der Waals surface area contributed by atoms with Gasteiger partial charge in [0.1, 0.15) is 5.69 Å². The van der Waals surface area contributed by atoms with Crippen molar-refractivity contribution in [2.75, 3.05) is 17.6 Å². The van der Waals surface area contributed by atoms with Crippen LogP contribution in [-0.2, 0) is 0 Å². The molecule has 94 valence electrons. The van der Waals surface area contributed by atoms with Crippen LogP contribution in [0.4, 0.5) is 20.2 Å². The van der Waals surface area contributed by atoms with E-state index in [0.717, 1.165) is 31.4 Å². The van der Waals surface area contributed by atoms with Crippen LogP contribution in [0.2, 0.25) is 0 Å². The second kappa shape index (κ2) is 4.87. The number of nitrogens with two attached hydrogens (primary N) is 1. The highest BCUT2D eigenvalue weighted by Crippen LogP contribution is 2.27. The van der Waals surface area contributed by atoms with Crippen LogP contribution in [0.3, 0.4) is 0 Å². The Kier molecular flexibility index (Phi) is 3.47. The number of anilines is 2. The van der Waals surface area contributed by atoms with Crippen molar-refractivity contribution in [2.24, 2.45) is 5.92 Å². The first kappa shape index (κ1) is 12.1. The maximum absolute atomic E-state index is 13.4. The minimum absolute atomic E-state index is 0.0614. The second-order valence-corrected chi connectivity index (χ2v) is 4.50. The van der Waals surface area contributed by atoms with E-state index in [9.17, 15) is 13.9 Å². The minimum atomic E-state index is -0.699. The van der Waals surface area contributed by atoms with E-state index in [4.69, 9.17) is 5.73 Å². The molecular weight excluding hydrogens is 226 g/mol. The molecule has 0 radical (unpaired) electrons. The highest BCUT2D eigenvalue weighted by atomic mass is 19.1. The van der Waals surface area contributed by atoms with Gasteiger partial charge in [-0.25, -0.2) is 8.78 Å². The molecule has 2 atom stereocenters. The lowest BCUT2D eigenvalue weighted by molar-refractivity contribution is 0.138. The first-order valence-corrected chi connectivity index (χ1v) is 5.74. The molecule has 0 aliphatic heterocycles. The van der Waals surface area contributed by atoms with Crippen molar-refractivity contribution < 1.29 is 13.9 Å². The van der Waals surface area contributed by atoms with Crippen molar-refractivity contribution in [1.29, 1.82) is 0 Å². The fraction of sp³-hybridized carbons (Fsp3) is 0.500. The lowest BCUT2D eigenvalue weighted by Gasteiger charge is -2.16. The highest BCUT2D eigenvalue weighted by Gasteiger charge is 2.25. The van der Waals surface area contributed by atoms with Gasteiger partial charge in [0.2, 0.25) is 0 Å². The Balaban J connectivity index is 2.04. The summed E-state index contributed by atoms with van der Waals surface area (Å²) in [5.74, 6) is -1.34. The molecule has 4 N–H and O–H groups in total. The molecule has 1 aromatic carbocycles. The van der Waals surface area contributed by atoms with Gasteiger partial charge < -0.3 is 16.2 Å².